The largest absolute Gasteiger partial charge is 0.493 e. The molecule has 1 amide bonds. The number of ether oxygens (including phenoxy) is 3. The zero-order valence-electron chi connectivity index (χ0n) is 13.1. The molecule has 1 N–H and O–H groups in total. The van der Waals surface area contributed by atoms with Gasteiger partial charge >= 0.3 is 0 Å². The minimum Gasteiger partial charge on any atom is -0.493 e. The van der Waals surface area contributed by atoms with Crippen molar-refractivity contribution < 1.29 is 19.0 Å². The fraction of sp³-hybridized carbons (Fsp3) is 0.235. The molecule has 0 atom stereocenters. The first-order valence-corrected chi connectivity index (χ1v) is 7.96. The lowest BCUT2D eigenvalue weighted by Crippen LogP contribution is -2.32. The first kappa shape index (κ1) is 18.2. The molecule has 0 aliphatic heterocycles. The average molecular weight is 370 g/mol. The number of amides is 1. The Hall–Kier alpha value is -2.11. The molecule has 0 aliphatic carbocycles. The summed E-state index contributed by atoms with van der Waals surface area (Å²) in [4.78, 5) is 11.8. The second-order valence-corrected chi connectivity index (χ2v) is 5.48. The smallest absolute Gasteiger partial charge is 0.258 e. The molecule has 2 aromatic carbocycles. The number of methoxy groups -OCH3 is 1. The molecule has 0 heterocycles. The van der Waals surface area contributed by atoms with E-state index in [0.29, 0.717) is 35.4 Å². The van der Waals surface area contributed by atoms with E-state index in [2.05, 4.69) is 5.32 Å². The predicted molar refractivity (Wildman–Crippen MR) is 93.5 cm³/mol. The SMILES string of the molecule is COc1ccccc1OCCNC(=O)COc1cccc(Cl)c1Cl. The monoisotopic (exact) mass is 369 g/mol. The summed E-state index contributed by atoms with van der Waals surface area (Å²) in [6.45, 7) is 0.488. The molecule has 0 aromatic heterocycles. The van der Waals surface area contributed by atoms with E-state index in [1.54, 1.807) is 37.4 Å². The standard InChI is InChI=1S/C17H17Cl2NO4/c1-22-13-6-2-3-7-14(13)23-10-9-20-16(21)11-24-15-8-4-5-12(18)17(15)19/h2-8H,9-11H2,1H3,(H,20,21). The molecule has 0 saturated heterocycles. The van der Waals surface area contributed by atoms with E-state index in [9.17, 15) is 4.79 Å². The van der Waals surface area contributed by atoms with E-state index in [1.165, 1.54) is 0 Å². The molecule has 0 aliphatic rings. The Morgan fingerprint density at radius 1 is 1.00 bits per heavy atom. The van der Waals surface area contributed by atoms with Crippen LogP contribution in [0, 0.1) is 0 Å². The van der Waals surface area contributed by atoms with E-state index < -0.39 is 0 Å². The lowest BCUT2D eigenvalue weighted by molar-refractivity contribution is -0.123. The number of benzene rings is 2. The zero-order valence-corrected chi connectivity index (χ0v) is 14.6. The summed E-state index contributed by atoms with van der Waals surface area (Å²) in [5.41, 5.74) is 0. The van der Waals surface area contributed by atoms with Gasteiger partial charge in [-0.05, 0) is 24.3 Å². The van der Waals surface area contributed by atoms with Crippen molar-refractivity contribution >= 4 is 29.1 Å². The van der Waals surface area contributed by atoms with Crippen LogP contribution in [0.3, 0.4) is 0 Å². The van der Waals surface area contributed by atoms with Crippen molar-refractivity contribution in [3.05, 3.63) is 52.5 Å². The highest BCUT2D eigenvalue weighted by Gasteiger charge is 2.08. The summed E-state index contributed by atoms with van der Waals surface area (Å²) in [6, 6.07) is 12.3. The Morgan fingerprint density at radius 2 is 1.71 bits per heavy atom. The van der Waals surface area contributed by atoms with Gasteiger partial charge < -0.3 is 19.5 Å². The van der Waals surface area contributed by atoms with Gasteiger partial charge in [0.2, 0.25) is 0 Å². The second kappa shape index (κ2) is 9.25. The molecule has 2 rings (SSSR count). The Balaban J connectivity index is 1.71. The van der Waals surface area contributed by atoms with Crippen LogP contribution >= 0.6 is 23.2 Å². The van der Waals surface area contributed by atoms with Crippen molar-refractivity contribution in [2.45, 2.75) is 0 Å². The minimum atomic E-state index is -0.283. The third-order valence-electron chi connectivity index (χ3n) is 3.03. The van der Waals surface area contributed by atoms with E-state index in [1.807, 2.05) is 12.1 Å². The van der Waals surface area contributed by atoms with Gasteiger partial charge in [-0.1, -0.05) is 41.4 Å². The van der Waals surface area contributed by atoms with Crippen LogP contribution in [0.5, 0.6) is 17.2 Å². The van der Waals surface area contributed by atoms with Gasteiger partial charge in [0.15, 0.2) is 18.1 Å². The third kappa shape index (κ3) is 5.22. The van der Waals surface area contributed by atoms with Gasteiger partial charge in [0.25, 0.3) is 5.91 Å². The Bertz CT molecular complexity index is 694. The summed E-state index contributed by atoms with van der Waals surface area (Å²) >= 11 is 11.9. The zero-order chi connectivity index (χ0) is 17.4. The quantitative estimate of drug-likeness (QED) is 0.722. The maximum absolute atomic E-state index is 11.8. The molecule has 0 bridgehead atoms. The van der Waals surface area contributed by atoms with Gasteiger partial charge in [0, 0.05) is 0 Å². The topological polar surface area (TPSA) is 56.8 Å². The summed E-state index contributed by atoms with van der Waals surface area (Å²) in [7, 11) is 1.57. The second-order valence-electron chi connectivity index (χ2n) is 4.69. The van der Waals surface area contributed by atoms with Gasteiger partial charge in [-0.15, -0.1) is 0 Å². The Labute approximate surface area is 150 Å². The van der Waals surface area contributed by atoms with E-state index in [-0.39, 0.29) is 17.5 Å². The molecule has 5 nitrogen and oxygen atoms in total. The summed E-state index contributed by atoms with van der Waals surface area (Å²) in [5, 5.41) is 3.35. The predicted octanol–water partition coefficient (Wildman–Crippen LogP) is 3.58. The normalized spacial score (nSPS) is 10.1. The minimum absolute atomic E-state index is 0.158. The highest BCUT2D eigenvalue weighted by molar-refractivity contribution is 6.42. The van der Waals surface area contributed by atoms with Crippen LogP contribution in [0.15, 0.2) is 42.5 Å². The van der Waals surface area contributed by atoms with Crippen LogP contribution in [-0.4, -0.2) is 32.8 Å². The molecular formula is C17H17Cl2NO4. The summed E-state index contributed by atoms with van der Waals surface area (Å²) < 4.78 is 16.1. The number of carbonyl (C=O) groups is 1. The van der Waals surface area contributed by atoms with Crippen LogP contribution in [0.2, 0.25) is 10.0 Å². The van der Waals surface area contributed by atoms with Crippen molar-refractivity contribution in [1.82, 2.24) is 5.32 Å². The van der Waals surface area contributed by atoms with Crippen molar-refractivity contribution in [3.63, 3.8) is 0 Å². The number of para-hydroxylation sites is 2. The molecule has 0 radical (unpaired) electrons. The lowest BCUT2D eigenvalue weighted by Gasteiger charge is -2.11. The van der Waals surface area contributed by atoms with Gasteiger partial charge in [0.1, 0.15) is 17.4 Å². The maximum Gasteiger partial charge on any atom is 0.258 e. The van der Waals surface area contributed by atoms with Crippen LogP contribution in [-0.2, 0) is 4.79 Å². The van der Waals surface area contributed by atoms with Crippen LogP contribution in [0.1, 0.15) is 0 Å². The van der Waals surface area contributed by atoms with E-state index in [4.69, 9.17) is 37.4 Å². The van der Waals surface area contributed by atoms with Gasteiger partial charge in [-0.2, -0.15) is 0 Å². The van der Waals surface area contributed by atoms with Gasteiger partial charge in [0.05, 0.1) is 18.7 Å². The number of nitrogens with one attached hydrogen (secondary N) is 1. The molecule has 0 unspecified atom stereocenters. The first-order chi connectivity index (χ1) is 11.6. The fourth-order valence-electron chi connectivity index (χ4n) is 1.88. The van der Waals surface area contributed by atoms with Crippen molar-refractivity contribution in [2.24, 2.45) is 0 Å². The first-order valence-electron chi connectivity index (χ1n) is 7.21. The number of halogens is 2. The molecular weight excluding hydrogens is 353 g/mol. The fourth-order valence-corrected chi connectivity index (χ4v) is 2.23. The van der Waals surface area contributed by atoms with E-state index in [0.717, 1.165) is 0 Å². The molecule has 24 heavy (non-hydrogen) atoms. The molecule has 0 saturated carbocycles. The highest BCUT2D eigenvalue weighted by atomic mass is 35.5. The van der Waals surface area contributed by atoms with Crippen molar-refractivity contribution in [1.29, 1.82) is 0 Å². The molecule has 0 fully saturated rings. The third-order valence-corrected chi connectivity index (χ3v) is 3.83. The van der Waals surface area contributed by atoms with Crippen LogP contribution in [0.4, 0.5) is 0 Å². The van der Waals surface area contributed by atoms with E-state index >= 15 is 0 Å². The average Bonchev–Trinajstić information content (AvgIpc) is 2.60. The van der Waals surface area contributed by atoms with Gasteiger partial charge in [-0.25, -0.2) is 0 Å². The molecule has 2 aromatic rings. The number of hydrogen-bond acceptors (Lipinski definition) is 4. The van der Waals surface area contributed by atoms with Crippen molar-refractivity contribution in [2.75, 3.05) is 26.9 Å². The number of hydrogen-bond donors (Lipinski definition) is 1. The molecule has 7 heteroatoms. The Kier molecular flexibility index (Phi) is 7.03. The molecule has 128 valence electrons. The maximum atomic E-state index is 11.8. The van der Waals surface area contributed by atoms with Crippen molar-refractivity contribution in [3.8, 4) is 17.2 Å². The van der Waals surface area contributed by atoms with Gasteiger partial charge in [-0.3, -0.25) is 4.79 Å². The lowest BCUT2D eigenvalue weighted by atomic mass is 10.3. The van der Waals surface area contributed by atoms with Crippen LogP contribution in [0.25, 0.3) is 0 Å². The summed E-state index contributed by atoms with van der Waals surface area (Å²) in [6.07, 6.45) is 0. The number of rotatable bonds is 8. The highest BCUT2D eigenvalue weighted by Crippen LogP contribution is 2.31. The molecule has 0 spiro atoms. The Morgan fingerprint density at radius 3 is 2.46 bits per heavy atom. The summed E-state index contributed by atoms with van der Waals surface area (Å²) in [5.74, 6) is 1.35. The number of carbonyl (C=O) groups excluding carboxylic acids is 1. The van der Waals surface area contributed by atoms with Crippen LogP contribution < -0.4 is 19.5 Å².